The van der Waals surface area contributed by atoms with E-state index in [1.54, 1.807) is 20.8 Å². The lowest BCUT2D eigenvalue weighted by Gasteiger charge is -2.26. The summed E-state index contributed by atoms with van der Waals surface area (Å²) in [5.74, 6) is -1.25. The van der Waals surface area contributed by atoms with Crippen LogP contribution in [0.5, 0.6) is 0 Å². The number of rotatable bonds is 16. The molecule has 1 unspecified atom stereocenters. The number of hydrogen-bond acceptors (Lipinski definition) is 6. The Morgan fingerprint density at radius 2 is 1.38 bits per heavy atom. The smallest absolute Gasteiger partial charge is 0.312 e. The minimum absolute atomic E-state index is 0.0260. The quantitative estimate of drug-likeness (QED) is 0.173. The zero-order valence-electron chi connectivity index (χ0n) is 21.7. The second-order valence-corrected chi connectivity index (χ2v) is 8.50. The first-order chi connectivity index (χ1) is 16.0. The van der Waals surface area contributed by atoms with Crippen molar-refractivity contribution in [2.45, 2.75) is 85.2 Å². The lowest BCUT2D eigenvalue weighted by Crippen LogP contribution is -2.54. The van der Waals surface area contributed by atoms with Gasteiger partial charge in [-0.3, -0.25) is 19.2 Å². The molecule has 198 valence electrons. The molecule has 5 amide bonds. The summed E-state index contributed by atoms with van der Waals surface area (Å²) in [4.78, 5) is 59.8. The van der Waals surface area contributed by atoms with Crippen LogP contribution in [-0.2, 0) is 19.2 Å². The van der Waals surface area contributed by atoms with E-state index in [1.165, 1.54) is 7.05 Å². The first kappa shape index (κ1) is 33.5. The van der Waals surface area contributed by atoms with Crippen molar-refractivity contribution < 1.29 is 24.0 Å². The molecule has 0 saturated carbocycles. The Morgan fingerprint density at radius 1 is 0.794 bits per heavy atom. The summed E-state index contributed by atoms with van der Waals surface area (Å²) in [6.07, 6.45) is 2.75. The molecule has 0 aromatic rings. The highest BCUT2D eigenvalue weighted by molar-refractivity contribution is 5.93. The van der Waals surface area contributed by atoms with Crippen molar-refractivity contribution >= 4 is 29.5 Å². The molecule has 11 heteroatoms. The molecular weight excluding hydrogens is 440 g/mol. The molecule has 0 radical (unpaired) electrons. The largest absolute Gasteiger partial charge is 0.356 e. The number of nitrogens with two attached hydrogens (primary N) is 2. The Bertz CT molecular complexity index is 639. The third-order valence-corrected chi connectivity index (χ3v) is 4.94. The molecule has 11 nitrogen and oxygen atoms in total. The van der Waals surface area contributed by atoms with Gasteiger partial charge in [0.2, 0.25) is 17.7 Å². The molecule has 0 fully saturated rings. The summed E-state index contributed by atoms with van der Waals surface area (Å²) in [7, 11) is 1.50. The highest BCUT2D eigenvalue weighted by Gasteiger charge is 2.29. The van der Waals surface area contributed by atoms with Crippen LogP contribution in [-0.4, -0.2) is 61.8 Å². The molecule has 8 N–H and O–H groups in total. The van der Waals surface area contributed by atoms with E-state index in [9.17, 15) is 24.0 Å². The van der Waals surface area contributed by atoms with Gasteiger partial charge in [0.15, 0.2) is 5.78 Å². The van der Waals surface area contributed by atoms with E-state index < -0.39 is 24.0 Å². The molecule has 0 spiro atoms. The number of hydrogen-bond donors (Lipinski definition) is 6. The molecule has 0 aliphatic heterocycles. The molecular formula is C23H46N6O5. The van der Waals surface area contributed by atoms with E-state index in [2.05, 4.69) is 27.0 Å². The highest BCUT2D eigenvalue weighted by Crippen LogP contribution is 2.09. The Balaban J connectivity index is 0. The van der Waals surface area contributed by atoms with Crippen LogP contribution in [0.25, 0.3) is 0 Å². The van der Waals surface area contributed by atoms with Crippen molar-refractivity contribution in [3.05, 3.63) is 0 Å². The molecule has 34 heavy (non-hydrogen) atoms. The van der Waals surface area contributed by atoms with Crippen LogP contribution < -0.4 is 32.7 Å². The average molecular weight is 487 g/mol. The Labute approximate surface area is 203 Å². The van der Waals surface area contributed by atoms with Crippen LogP contribution >= 0.6 is 0 Å². The summed E-state index contributed by atoms with van der Waals surface area (Å²) < 4.78 is 0. The van der Waals surface area contributed by atoms with Crippen molar-refractivity contribution in [1.29, 1.82) is 0 Å². The van der Waals surface area contributed by atoms with Gasteiger partial charge in [-0.15, -0.1) is 0 Å². The first-order valence-corrected chi connectivity index (χ1v) is 12.0. The van der Waals surface area contributed by atoms with Gasteiger partial charge < -0.3 is 32.7 Å². The topological polar surface area (TPSA) is 186 Å². The van der Waals surface area contributed by atoms with E-state index >= 15 is 0 Å². The van der Waals surface area contributed by atoms with Crippen LogP contribution in [0.15, 0.2) is 0 Å². The number of unbranched alkanes of at least 4 members (excludes halogenated alkanes) is 1. The number of carbonyl (C=O) groups is 5. The summed E-state index contributed by atoms with van der Waals surface area (Å²) in [5, 5.41) is 10.8. The number of ketones is 1. The zero-order chi connectivity index (χ0) is 26.7. The molecule has 0 aromatic carbocycles. The predicted molar refractivity (Wildman–Crippen MR) is 133 cm³/mol. The van der Waals surface area contributed by atoms with Gasteiger partial charge in [0.05, 0.1) is 6.04 Å². The first-order valence-electron chi connectivity index (χ1n) is 12.0. The van der Waals surface area contributed by atoms with Crippen molar-refractivity contribution in [3.63, 3.8) is 0 Å². The number of urea groups is 1. The summed E-state index contributed by atoms with van der Waals surface area (Å²) in [6, 6.07) is -2.12. The maximum atomic E-state index is 12.9. The minimum atomic E-state index is -0.770. The fraction of sp³-hybridized carbons (Fsp3) is 0.783. The number of carbonyl (C=O) groups excluding carboxylic acids is 5. The van der Waals surface area contributed by atoms with Crippen molar-refractivity contribution in [2.24, 2.45) is 23.3 Å². The number of amides is 5. The average Bonchev–Trinajstić information content (AvgIpc) is 2.79. The summed E-state index contributed by atoms with van der Waals surface area (Å²) in [5.41, 5.74) is 9.54. The van der Waals surface area contributed by atoms with Crippen molar-refractivity contribution in [2.75, 3.05) is 20.1 Å². The molecule has 2 atom stereocenters. The fourth-order valence-corrected chi connectivity index (χ4v) is 3.01. The van der Waals surface area contributed by atoms with Gasteiger partial charge >= 0.3 is 6.03 Å². The normalized spacial score (nSPS) is 12.1. The van der Waals surface area contributed by atoms with Crippen molar-refractivity contribution in [3.8, 4) is 0 Å². The molecule has 0 aliphatic rings. The lowest BCUT2D eigenvalue weighted by atomic mass is 9.96. The van der Waals surface area contributed by atoms with Gasteiger partial charge in [-0.05, 0) is 38.6 Å². The maximum Gasteiger partial charge on any atom is 0.312 e. The third kappa shape index (κ3) is 16.0. The van der Waals surface area contributed by atoms with Gasteiger partial charge in [-0.1, -0.05) is 34.6 Å². The Kier molecular flexibility index (Phi) is 19.4. The van der Waals surface area contributed by atoms with Gasteiger partial charge in [0, 0.05) is 31.8 Å². The van der Waals surface area contributed by atoms with Crippen LogP contribution in [0.3, 0.4) is 0 Å². The van der Waals surface area contributed by atoms with E-state index in [4.69, 9.17) is 5.73 Å². The molecule has 0 aliphatic carbocycles. The van der Waals surface area contributed by atoms with Crippen LogP contribution in [0.1, 0.15) is 73.1 Å². The van der Waals surface area contributed by atoms with Crippen LogP contribution in [0.4, 0.5) is 4.79 Å². The highest BCUT2D eigenvalue weighted by atomic mass is 16.2. The summed E-state index contributed by atoms with van der Waals surface area (Å²) in [6.45, 7) is 9.74. The van der Waals surface area contributed by atoms with Gasteiger partial charge in [-0.25, -0.2) is 4.79 Å². The number of primary amides is 1. The monoisotopic (exact) mass is 486 g/mol. The van der Waals surface area contributed by atoms with Crippen LogP contribution in [0, 0.1) is 11.8 Å². The molecule has 0 heterocycles. The van der Waals surface area contributed by atoms with Crippen molar-refractivity contribution in [1.82, 2.24) is 21.3 Å². The minimum Gasteiger partial charge on any atom is -0.356 e. The third-order valence-electron chi connectivity index (χ3n) is 4.94. The van der Waals surface area contributed by atoms with Gasteiger partial charge in [0.25, 0.3) is 0 Å². The van der Waals surface area contributed by atoms with E-state index in [1.807, 2.05) is 13.8 Å². The van der Waals surface area contributed by atoms with Crippen LogP contribution in [0.2, 0.25) is 0 Å². The zero-order valence-corrected chi connectivity index (χ0v) is 21.7. The summed E-state index contributed by atoms with van der Waals surface area (Å²) >= 11 is 0. The second-order valence-electron chi connectivity index (χ2n) is 8.50. The predicted octanol–water partition coefficient (Wildman–Crippen LogP) is 0.557. The molecule has 0 rings (SSSR count). The lowest BCUT2D eigenvalue weighted by molar-refractivity contribution is -0.133. The fourth-order valence-electron chi connectivity index (χ4n) is 3.01. The van der Waals surface area contributed by atoms with E-state index in [0.717, 1.165) is 0 Å². The number of Topliss-reactive ketones (excluding diaryl/α,β-unsaturated/α-hetero) is 1. The van der Waals surface area contributed by atoms with Gasteiger partial charge in [-0.2, -0.15) is 0 Å². The molecule has 0 bridgehead atoms. The van der Waals surface area contributed by atoms with Gasteiger partial charge in [0.1, 0.15) is 6.04 Å². The standard InChI is InChI=1S/C22H41N5O5.CH5N/c1-6-17(28)24-12-8-7-11-18(29)27-19(14(2)3)21(31)26-16(20(30)15(4)5)10-9-13-25-22(23)32;1-2/h14-16,19H,6-13H2,1-5H3,(H,24,28)(H,26,31)(H,27,29)(H3,23,25,32);2H2,1H3/t16-,19?;/m0./s1. The molecule has 0 aromatic heterocycles. The number of nitrogens with one attached hydrogen (secondary N) is 4. The maximum absolute atomic E-state index is 12.9. The molecule has 0 saturated heterocycles. The SMILES string of the molecule is CCC(=O)NCCCCC(=O)NC(C(=O)N[C@@H](CCCNC(N)=O)C(=O)C(C)C)C(C)C.CN. The van der Waals surface area contributed by atoms with E-state index in [0.29, 0.717) is 45.2 Å². The Morgan fingerprint density at radius 3 is 1.88 bits per heavy atom. The Hall–Kier alpha value is -2.69. The van der Waals surface area contributed by atoms with E-state index in [-0.39, 0.29) is 35.9 Å². The second kappa shape index (κ2) is 19.7.